The Bertz CT molecular complexity index is 775. The summed E-state index contributed by atoms with van der Waals surface area (Å²) in [5.41, 5.74) is 3.47. The van der Waals surface area contributed by atoms with Crippen LogP contribution in [0.1, 0.15) is 54.2 Å². The Morgan fingerprint density at radius 1 is 1.21 bits per heavy atom. The van der Waals surface area contributed by atoms with Crippen molar-refractivity contribution < 1.29 is 14.3 Å². The largest absolute Gasteiger partial charge is 0.462 e. The van der Waals surface area contributed by atoms with Gasteiger partial charge in [-0.2, -0.15) is 5.10 Å². The summed E-state index contributed by atoms with van der Waals surface area (Å²) in [5, 5.41) is 6.55. The van der Waals surface area contributed by atoms with Crippen LogP contribution in [0.15, 0.2) is 30.6 Å². The van der Waals surface area contributed by atoms with Gasteiger partial charge in [0.1, 0.15) is 5.60 Å². The van der Waals surface area contributed by atoms with Crippen molar-refractivity contribution in [1.82, 2.24) is 10.2 Å². The minimum atomic E-state index is -0.318. The van der Waals surface area contributed by atoms with Crippen molar-refractivity contribution in [2.75, 3.05) is 0 Å². The van der Waals surface area contributed by atoms with Crippen LogP contribution >= 0.6 is 0 Å². The third-order valence-corrected chi connectivity index (χ3v) is 3.28. The molecule has 5 heteroatoms. The van der Waals surface area contributed by atoms with E-state index in [1.165, 1.54) is 0 Å². The Labute approximate surface area is 141 Å². The number of ether oxygens (including phenoxy) is 1. The molecule has 1 aliphatic rings. The van der Waals surface area contributed by atoms with Crippen LogP contribution in [0.2, 0.25) is 0 Å². The van der Waals surface area contributed by atoms with E-state index in [4.69, 9.17) is 0 Å². The number of benzene rings is 1. The van der Waals surface area contributed by atoms with E-state index in [1.54, 1.807) is 12.4 Å². The van der Waals surface area contributed by atoms with Gasteiger partial charge in [-0.25, -0.2) is 0 Å². The number of nitrogens with zero attached hydrogens (tertiary/aromatic N) is 1. The van der Waals surface area contributed by atoms with Gasteiger partial charge in [0.25, 0.3) is 6.47 Å². The number of hydrogen-bond donors (Lipinski definition) is 1. The minimum Gasteiger partial charge on any atom is -0.462 e. The van der Waals surface area contributed by atoms with Crippen molar-refractivity contribution >= 4 is 12.3 Å². The van der Waals surface area contributed by atoms with E-state index >= 15 is 0 Å². The van der Waals surface area contributed by atoms with Crippen molar-refractivity contribution in [1.29, 1.82) is 0 Å². The summed E-state index contributed by atoms with van der Waals surface area (Å²) in [5.74, 6) is 6.33. The van der Waals surface area contributed by atoms with Crippen LogP contribution in [0.4, 0.5) is 0 Å². The number of carbonyl (C=O) groups is 2. The van der Waals surface area contributed by atoms with E-state index in [9.17, 15) is 9.59 Å². The van der Waals surface area contributed by atoms with Gasteiger partial charge >= 0.3 is 0 Å². The number of Topliss-reactive ketones (excluding diaryl/α,β-unsaturated/α-hetero) is 1. The van der Waals surface area contributed by atoms with Crippen LogP contribution in [-0.2, 0) is 16.0 Å². The fraction of sp³-hybridized carbons (Fsp3) is 0.316. The predicted molar refractivity (Wildman–Crippen MR) is 90.6 cm³/mol. The number of carbonyl (C=O) groups excluding carboxylic acids is 2. The number of ketones is 1. The Morgan fingerprint density at radius 2 is 1.96 bits per heavy atom. The molecule has 0 saturated heterocycles. The standard InChI is InChI=1S/C14H10N2O.C5H10O2/c17-14-6-4-12-7-10(3-5-13(12)14)1-2-11-8-15-16-9-11;1-5(2,3)7-4-6/h3,5,7-9H,4,6H2,(H,15,16);4H,1-3H3. The number of hydrogen-bond acceptors (Lipinski definition) is 4. The summed E-state index contributed by atoms with van der Waals surface area (Å²) in [4.78, 5) is 21.1. The first-order chi connectivity index (χ1) is 11.4. The maximum atomic E-state index is 11.5. The van der Waals surface area contributed by atoms with E-state index < -0.39 is 0 Å². The van der Waals surface area contributed by atoms with Crippen LogP contribution in [0.5, 0.6) is 0 Å². The lowest BCUT2D eigenvalue weighted by molar-refractivity contribution is -0.138. The normalized spacial score (nSPS) is 12.4. The van der Waals surface area contributed by atoms with Gasteiger partial charge in [-0.1, -0.05) is 11.8 Å². The van der Waals surface area contributed by atoms with Crippen molar-refractivity contribution in [3.05, 3.63) is 52.8 Å². The molecule has 0 unspecified atom stereocenters. The molecule has 0 saturated carbocycles. The lowest BCUT2D eigenvalue weighted by atomic mass is 10.1. The zero-order chi connectivity index (χ0) is 17.6. The maximum absolute atomic E-state index is 11.5. The summed E-state index contributed by atoms with van der Waals surface area (Å²) < 4.78 is 4.55. The Hall–Kier alpha value is -2.87. The Balaban J connectivity index is 0.000000256. The lowest BCUT2D eigenvalue weighted by Gasteiger charge is -2.14. The minimum absolute atomic E-state index is 0.245. The molecule has 3 rings (SSSR count). The van der Waals surface area contributed by atoms with E-state index in [0.29, 0.717) is 12.9 Å². The molecule has 0 atom stereocenters. The molecule has 5 nitrogen and oxygen atoms in total. The topological polar surface area (TPSA) is 72.1 Å². The Kier molecular flexibility index (Phi) is 5.54. The molecule has 1 heterocycles. The number of rotatable bonds is 1. The number of nitrogens with one attached hydrogen (secondary N) is 1. The van der Waals surface area contributed by atoms with Gasteiger partial charge in [-0.3, -0.25) is 14.7 Å². The fourth-order valence-electron chi connectivity index (χ4n) is 2.14. The van der Waals surface area contributed by atoms with Gasteiger partial charge in [0.05, 0.1) is 11.8 Å². The summed E-state index contributed by atoms with van der Waals surface area (Å²) in [6, 6.07) is 5.78. The van der Waals surface area contributed by atoms with E-state index in [1.807, 2.05) is 39.0 Å². The molecular weight excluding hydrogens is 304 g/mol. The highest BCUT2D eigenvalue weighted by molar-refractivity contribution is 6.00. The molecule has 1 aromatic heterocycles. The van der Waals surface area contributed by atoms with Crippen molar-refractivity contribution in [2.45, 2.75) is 39.2 Å². The first-order valence-corrected chi connectivity index (χ1v) is 7.67. The SMILES string of the molecule is CC(C)(C)OC=O.O=C1CCc2cc(C#Cc3cn[nH]c3)ccc21. The van der Waals surface area contributed by atoms with Crippen LogP contribution < -0.4 is 0 Å². The molecule has 124 valence electrons. The number of fused-ring (bicyclic) bond motifs is 1. The van der Waals surface area contributed by atoms with Crippen LogP contribution in [0.3, 0.4) is 0 Å². The number of aromatic amines is 1. The second kappa shape index (κ2) is 7.60. The molecule has 0 spiro atoms. The van der Waals surface area contributed by atoms with Gasteiger partial charge in [0.15, 0.2) is 5.78 Å². The van der Waals surface area contributed by atoms with Gasteiger partial charge in [-0.05, 0) is 51.0 Å². The smallest absolute Gasteiger partial charge is 0.293 e. The molecule has 0 fully saturated rings. The molecule has 1 N–H and O–H groups in total. The first kappa shape index (κ1) is 17.5. The third-order valence-electron chi connectivity index (χ3n) is 3.28. The Morgan fingerprint density at radius 3 is 2.54 bits per heavy atom. The van der Waals surface area contributed by atoms with E-state index in [-0.39, 0.29) is 11.4 Å². The van der Waals surface area contributed by atoms with Gasteiger partial charge in [0, 0.05) is 23.7 Å². The maximum Gasteiger partial charge on any atom is 0.293 e. The molecule has 2 aromatic rings. The highest BCUT2D eigenvalue weighted by atomic mass is 16.5. The van der Waals surface area contributed by atoms with Crippen LogP contribution in [0.25, 0.3) is 0 Å². The molecule has 24 heavy (non-hydrogen) atoms. The summed E-state index contributed by atoms with van der Waals surface area (Å²) in [6.45, 7) is 5.92. The second-order valence-electron chi connectivity index (χ2n) is 6.36. The van der Waals surface area contributed by atoms with Crippen molar-refractivity contribution in [3.63, 3.8) is 0 Å². The number of aryl methyl sites for hydroxylation is 1. The molecule has 0 bridgehead atoms. The van der Waals surface area contributed by atoms with Gasteiger partial charge < -0.3 is 4.74 Å². The quantitative estimate of drug-likeness (QED) is 0.647. The van der Waals surface area contributed by atoms with Crippen molar-refractivity contribution in [3.8, 4) is 11.8 Å². The third kappa shape index (κ3) is 5.10. The fourth-order valence-corrected chi connectivity index (χ4v) is 2.14. The number of aromatic nitrogens is 2. The average molecular weight is 324 g/mol. The molecule has 1 aliphatic carbocycles. The van der Waals surface area contributed by atoms with Crippen LogP contribution in [0, 0.1) is 11.8 Å². The second-order valence-corrected chi connectivity index (χ2v) is 6.36. The molecule has 0 amide bonds. The summed E-state index contributed by atoms with van der Waals surface area (Å²) in [7, 11) is 0. The highest BCUT2D eigenvalue weighted by Crippen LogP contribution is 2.22. The monoisotopic (exact) mass is 324 g/mol. The zero-order valence-electron chi connectivity index (χ0n) is 14.1. The first-order valence-electron chi connectivity index (χ1n) is 7.67. The molecular formula is C19H20N2O3. The predicted octanol–water partition coefficient (Wildman–Crippen LogP) is 2.90. The molecule has 0 aliphatic heterocycles. The van der Waals surface area contributed by atoms with Crippen molar-refractivity contribution in [2.24, 2.45) is 0 Å². The molecule has 0 radical (unpaired) electrons. The zero-order valence-corrected chi connectivity index (χ0v) is 14.1. The summed E-state index contributed by atoms with van der Waals surface area (Å²) in [6.07, 6.45) is 4.91. The number of H-pyrrole nitrogens is 1. The van der Waals surface area contributed by atoms with E-state index in [2.05, 4.69) is 26.8 Å². The lowest BCUT2D eigenvalue weighted by Crippen LogP contribution is -2.17. The average Bonchev–Trinajstić information content (AvgIpc) is 3.15. The summed E-state index contributed by atoms with van der Waals surface area (Å²) >= 11 is 0. The molecule has 1 aromatic carbocycles. The van der Waals surface area contributed by atoms with Gasteiger partial charge in [-0.15, -0.1) is 0 Å². The highest BCUT2D eigenvalue weighted by Gasteiger charge is 2.18. The van der Waals surface area contributed by atoms with E-state index in [0.717, 1.165) is 28.7 Å². The van der Waals surface area contributed by atoms with Gasteiger partial charge in [0.2, 0.25) is 0 Å². The van der Waals surface area contributed by atoms with Crippen LogP contribution in [-0.4, -0.2) is 28.1 Å².